The fourth-order valence-corrected chi connectivity index (χ4v) is 6.02. The summed E-state index contributed by atoms with van der Waals surface area (Å²) in [6, 6.07) is 2.17. The molecule has 162 valence electrons. The van der Waals surface area contributed by atoms with Crippen molar-refractivity contribution in [3.63, 3.8) is 0 Å². The van der Waals surface area contributed by atoms with Gasteiger partial charge in [-0.3, -0.25) is 4.79 Å². The van der Waals surface area contributed by atoms with E-state index in [4.69, 9.17) is 33.1 Å². The van der Waals surface area contributed by atoms with Crippen molar-refractivity contribution in [1.82, 2.24) is 0 Å². The highest BCUT2D eigenvalue weighted by Gasteiger charge is 2.28. The number of benzene rings is 1. The highest BCUT2D eigenvalue weighted by Crippen LogP contribution is 2.38. The van der Waals surface area contributed by atoms with Crippen molar-refractivity contribution < 1.29 is 22.7 Å². The third kappa shape index (κ3) is 4.81. The molecule has 3 N–H and O–H groups in total. The Morgan fingerprint density at radius 1 is 1.17 bits per heavy atom. The smallest absolute Gasteiger partial charge is 0.341 e. The molecule has 3 rings (SSSR count). The number of nitrogens with one attached hydrogen (secondary N) is 1. The molecule has 0 radical (unpaired) electrons. The molecule has 1 amide bonds. The Balaban J connectivity index is 2.02. The van der Waals surface area contributed by atoms with Crippen molar-refractivity contribution in [2.45, 2.75) is 43.9 Å². The Morgan fingerprint density at radius 2 is 1.87 bits per heavy atom. The Labute approximate surface area is 188 Å². The van der Waals surface area contributed by atoms with Gasteiger partial charge in [0, 0.05) is 4.88 Å². The molecule has 1 heterocycles. The van der Waals surface area contributed by atoms with Crippen molar-refractivity contribution in [3.8, 4) is 0 Å². The van der Waals surface area contributed by atoms with Crippen LogP contribution in [0.15, 0.2) is 17.0 Å². The van der Waals surface area contributed by atoms with Crippen molar-refractivity contribution in [2.24, 2.45) is 5.14 Å². The number of carbonyl (C=O) groups excluding carboxylic acids is 2. The highest BCUT2D eigenvalue weighted by molar-refractivity contribution is 7.89. The zero-order valence-corrected chi connectivity index (χ0v) is 19.2. The average Bonchev–Trinajstić information content (AvgIpc) is 2.81. The van der Waals surface area contributed by atoms with E-state index in [-0.39, 0.29) is 22.2 Å². The number of ether oxygens (including phenoxy) is 1. The molecule has 7 nitrogen and oxygen atoms in total. The SMILES string of the molecule is CCOC(=O)c1c(NC(=O)c2cc(S(N)(=O)=O)c(Cl)cc2Cl)sc2c1CCCCC2. The predicted molar refractivity (Wildman–Crippen MR) is 117 cm³/mol. The average molecular weight is 491 g/mol. The van der Waals surface area contributed by atoms with E-state index >= 15 is 0 Å². The number of primary sulfonamides is 1. The number of anilines is 1. The maximum atomic E-state index is 12.9. The summed E-state index contributed by atoms with van der Waals surface area (Å²) in [7, 11) is -4.16. The highest BCUT2D eigenvalue weighted by atomic mass is 35.5. The van der Waals surface area contributed by atoms with Gasteiger partial charge in [-0.15, -0.1) is 11.3 Å². The van der Waals surface area contributed by atoms with Gasteiger partial charge in [0.05, 0.1) is 27.8 Å². The van der Waals surface area contributed by atoms with E-state index in [9.17, 15) is 18.0 Å². The molecule has 0 bridgehead atoms. The number of thiophene rings is 1. The fourth-order valence-electron chi connectivity index (χ4n) is 3.34. The van der Waals surface area contributed by atoms with Gasteiger partial charge in [-0.2, -0.15) is 0 Å². The van der Waals surface area contributed by atoms with E-state index < -0.39 is 26.8 Å². The van der Waals surface area contributed by atoms with Gasteiger partial charge >= 0.3 is 5.97 Å². The minimum atomic E-state index is -4.16. The quantitative estimate of drug-likeness (QED) is 0.475. The number of nitrogens with two attached hydrogens (primary N) is 1. The molecular formula is C19H20Cl2N2O5S2. The minimum Gasteiger partial charge on any atom is -0.462 e. The molecule has 30 heavy (non-hydrogen) atoms. The number of hydrogen-bond acceptors (Lipinski definition) is 6. The third-order valence-electron chi connectivity index (χ3n) is 4.70. The first kappa shape index (κ1) is 23.0. The second-order valence-electron chi connectivity index (χ2n) is 6.75. The lowest BCUT2D eigenvalue weighted by Gasteiger charge is -2.11. The van der Waals surface area contributed by atoms with Crippen LogP contribution in [0.2, 0.25) is 10.0 Å². The Kier molecular flexibility index (Phi) is 7.09. The lowest BCUT2D eigenvalue weighted by Crippen LogP contribution is -2.18. The molecule has 1 aliphatic carbocycles. The van der Waals surface area contributed by atoms with Gasteiger partial charge in [0.1, 0.15) is 9.90 Å². The van der Waals surface area contributed by atoms with Gasteiger partial charge in [-0.25, -0.2) is 18.4 Å². The molecule has 0 saturated heterocycles. The molecule has 0 aliphatic heterocycles. The molecule has 0 unspecified atom stereocenters. The number of amides is 1. The van der Waals surface area contributed by atoms with Crippen LogP contribution in [-0.4, -0.2) is 26.9 Å². The molecule has 1 aliphatic rings. The molecule has 11 heteroatoms. The third-order valence-corrected chi connectivity index (χ3v) is 7.60. The second kappa shape index (κ2) is 9.23. The predicted octanol–water partition coefficient (Wildman–Crippen LogP) is 4.40. The van der Waals surface area contributed by atoms with Crippen LogP contribution < -0.4 is 10.5 Å². The maximum absolute atomic E-state index is 12.9. The Bertz CT molecular complexity index is 1110. The summed E-state index contributed by atoms with van der Waals surface area (Å²) in [6.07, 6.45) is 4.57. The molecule has 0 fully saturated rings. The first-order valence-corrected chi connectivity index (χ1v) is 12.4. The first-order chi connectivity index (χ1) is 14.1. The summed E-state index contributed by atoms with van der Waals surface area (Å²) in [4.78, 5) is 26.2. The first-order valence-electron chi connectivity index (χ1n) is 9.28. The molecule has 0 atom stereocenters. The van der Waals surface area contributed by atoms with Crippen molar-refractivity contribution in [2.75, 3.05) is 11.9 Å². The van der Waals surface area contributed by atoms with Crippen LogP contribution in [0.1, 0.15) is 57.3 Å². The summed E-state index contributed by atoms with van der Waals surface area (Å²) < 4.78 is 28.7. The number of aryl methyl sites for hydroxylation is 1. The zero-order chi connectivity index (χ0) is 22.1. The number of fused-ring (bicyclic) bond motifs is 1. The fraction of sp³-hybridized carbons (Fsp3) is 0.368. The van der Waals surface area contributed by atoms with E-state index in [1.54, 1.807) is 6.92 Å². The second-order valence-corrected chi connectivity index (χ2v) is 10.2. The zero-order valence-electron chi connectivity index (χ0n) is 16.1. The summed E-state index contributed by atoms with van der Waals surface area (Å²) in [5.41, 5.74) is 1.13. The van der Waals surface area contributed by atoms with E-state index in [1.807, 2.05) is 0 Å². The molecule has 0 saturated carbocycles. The van der Waals surface area contributed by atoms with Crippen molar-refractivity contribution in [3.05, 3.63) is 43.7 Å². The number of rotatable bonds is 5. The van der Waals surface area contributed by atoms with E-state index in [1.165, 1.54) is 11.3 Å². The topological polar surface area (TPSA) is 116 Å². The van der Waals surface area contributed by atoms with Crippen molar-refractivity contribution >= 4 is 61.4 Å². The number of hydrogen-bond donors (Lipinski definition) is 2. The van der Waals surface area contributed by atoms with Crippen LogP contribution in [0.5, 0.6) is 0 Å². The molecule has 1 aromatic heterocycles. The van der Waals surface area contributed by atoms with E-state index in [0.29, 0.717) is 10.6 Å². The van der Waals surface area contributed by atoms with Crippen molar-refractivity contribution in [1.29, 1.82) is 0 Å². The lowest BCUT2D eigenvalue weighted by atomic mass is 10.1. The van der Waals surface area contributed by atoms with Crippen LogP contribution in [0.25, 0.3) is 0 Å². The van der Waals surface area contributed by atoms with Gasteiger partial charge in [-0.05, 0) is 50.3 Å². The van der Waals surface area contributed by atoms with E-state index in [2.05, 4.69) is 5.32 Å². The molecule has 0 spiro atoms. The van der Waals surface area contributed by atoms with Gasteiger partial charge in [0.25, 0.3) is 5.91 Å². The normalized spacial score (nSPS) is 14.0. The molecule has 2 aromatic rings. The van der Waals surface area contributed by atoms with Crippen LogP contribution in [0, 0.1) is 0 Å². The van der Waals surface area contributed by atoms with E-state index in [0.717, 1.165) is 54.7 Å². The largest absolute Gasteiger partial charge is 0.462 e. The van der Waals surface area contributed by atoms with Crippen LogP contribution in [0.4, 0.5) is 5.00 Å². The van der Waals surface area contributed by atoms with Gasteiger partial charge < -0.3 is 10.1 Å². The minimum absolute atomic E-state index is 0.0410. The number of esters is 1. The standard InChI is InChI=1S/C19H20Cl2N2O5S2/c1-2-28-19(25)16-10-6-4-3-5-7-14(10)29-18(16)23-17(24)11-8-15(30(22,26)27)13(21)9-12(11)20/h8-9H,2-7H2,1H3,(H,23,24)(H2,22,26,27). The summed E-state index contributed by atoms with van der Waals surface area (Å²) >= 11 is 13.3. The molecular weight excluding hydrogens is 471 g/mol. The summed E-state index contributed by atoms with van der Waals surface area (Å²) in [5.74, 6) is -1.18. The molecule has 1 aromatic carbocycles. The number of carbonyl (C=O) groups is 2. The Morgan fingerprint density at radius 3 is 2.53 bits per heavy atom. The van der Waals surface area contributed by atoms with Gasteiger partial charge in [-0.1, -0.05) is 29.6 Å². The van der Waals surface area contributed by atoms with Crippen LogP contribution >= 0.6 is 34.5 Å². The monoisotopic (exact) mass is 490 g/mol. The van der Waals surface area contributed by atoms with Gasteiger partial charge in [0.2, 0.25) is 10.0 Å². The summed E-state index contributed by atoms with van der Waals surface area (Å²) in [5, 5.41) is 7.99. The number of halogens is 2. The van der Waals surface area contributed by atoms with Crippen LogP contribution in [-0.2, 0) is 27.6 Å². The summed E-state index contributed by atoms with van der Waals surface area (Å²) in [6.45, 7) is 1.92. The maximum Gasteiger partial charge on any atom is 0.341 e. The lowest BCUT2D eigenvalue weighted by molar-refractivity contribution is 0.0527. The van der Waals surface area contributed by atoms with Gasteiger partial charge in [0.15, 0.2) is 0 Å². The number of sulfonamides is 1. The van der Waals surface area contributed by atoms with Crippen LogP contribution in [0.3, 0.4) is 0 Å². The Hall–Kier alpha value is -1.65.